The summed E-state index contributed by atoms with van der Waals surface area (Å²) in [7, 11) is 5.24. The third-order valence-electron chi connectivity index (χ3n) is 3.14. The van der Waals surface area contributed by atoms with E-state index in [1.165, 1.54) is 18.2 Å². The van der Waals surface area contributed by atoms with Crippen molar-refractivity contribution in [2.24, 2.45) is 4.99 Å². The van der Waals surface area contributed by atoms with Crippen LogP contribution in [0.4, 0.5) is 8.78 Å². The van der Waals surface area contributed by atoms with E-state index >= 15 is 0 Å². The molecule has 0 aliphatic rings. The summed E-state index contributed by atoms with van der Waals surface area (Å²) in [5.41, 5.74) is -0.0928. The molecule has 0 amide bonds. The van der Waals surface area contributed by atoms with E-state index in [2.05, 4.69) is 15.6 Å². The van der Waals surface area contributed by atoms with Crippen molar-refractivity contribution >= 4 is 29.9 Å². The average Bonchev–Trinajstić information content (AvgIpc) is 2.38. The summed E-state index contributed by atoms with van der Waals surface area (Å²) in [6, 6.07) is 3.47. The molecule has 1 rings (SSSR count). The van der Waals surface area contributed by atoms with Crippen LogP contribution in [0.15, 0.2) is 23.2 Å². The zero-order valence-corrected chi connectivity index (χ0v) is 16.9. The second-order valence-corrected chi connectivity index (χ2v) is 6.44. The van der Waals surface area contributed by atoms with E-state index in [9.17, 15) is 8.78 Å². The second kappa shape index (κ2) is 9.36. The largest absolute Gasteiger partial charge is 0.354 e. The zero-order valence-electron chi connectivity index (χ0n) is 14.6. The highest BCUT2D eigenvalue weighted by atomic mass is 127. The number of hydrogen-bond acceptors (Lipinski definition) is 2. The fraction of sp³-hybridized carbons (Fsp3) is 0.562. The van der Waals surface area contributed by atoms with Gasteiger partial charge in [0.15, 0.2) is 5.96 Å². The third-order valence-corrected chi connectivity index (χ3v) is 3.14. The maximum atomic E-state index is 14.0. The smallest absolute Gasteiger partial charge is 0.191 e. The van der Waals surface area contributed by atoms with Gasteiger partial charge in [0.1, 0.15) is 11.6 Å². The van der Waals surface area contributed by atoms with Gasteiger partial charge in [-0.15, -0.1) is 24.0 Å². The molecule has 0 spiro atoms. The molecule has 0 heterocycles. The van der Waals surface area contributed by atoms with Gasteiger partial charge in [-0.1, -0.05) is 6.07 Å². The van der Waals surface area contributed by atoms with Crippen molar-refractivity contribution in [1.29, 1.82) is 0 Å². The summed E-state index contributed by atoms with van der Waals surface area (Å²) in [5.74, 6) is -0.491. The van der Waals surface area contributed by atoms with Crippen LogP contribution in [-0.2, 0) is 0 Å². The van der Waals surface area contributed by atoms with Crippen LogP contribution in [0.25, 0.3) is 0 Å². The molecule has 0 aliphatic carbocycles. The second-order valence-electron chi connectivity index (χ2n) is 6.44. The summed E-state index contributed by atoms with van der Waals surface area (Å²) in [6.45, 7) is 6.38. The minimum atomic E-state index is -0.542. The summed E-state index contributed by atoms with van der Waals surface area (Å²) < 4.78 is 28.0. The van der Waals surface area contributed by atoms with E-state index in [4.69, 9.17) is 0 Å². The Hall–Kier alpha value is -0.960. The lowest BCUT2D eigenvalue weighted by Crippen LogP contribution is -2.49. The summed E-state index contributed by atoms with van der Waals surface area (Å²) in [6.07, 6.45) is 0. The van der Waals surface area contributed by atoms with E-state index < -0.39 is 17.7 Å². The summed E-state index contributed by atoms with van der Waals surface area (Å²) in [5, 5.41) is 6.34. The maximum Gasteiger partial charge on any atom is 0.191 e. The van der Waals surface area contributed by atoms with Gasteiger partial charge in [0.2, 0.25) is 0 Å². The Morgan fingerprint density at radius 1 is 1.22 bits per heavy atom. The SMILES string of the molecule is CN=C(NCC(c1c(F)cccc1F)N(C)C)NC(C)(C)C.I. The van der Waals surface area contributed by atoms with Gasteiger partial charge in [0.25, 0.3) is 0 Å². The molecule has 2 N–H and O–H groups in total. The number of rotatable bonds is 4. The van der Waals surface area contributed by atoms with Crippen LogP contribution in [0.2, 0.25) is 0 Å². The molecular weight excluding hydrogens is 413 g/mol. The highest BCUT2D eigenvalue weighted by molar-refractivity contribution is 14.0. The lowest BCUT2D eigenvalue weighted by molar-refractivity contribution is 0.282. The highest BCUT2D eigenvalue weighted by Gasteiger charge is 2.23. The zero-order chi connectivity index (χ0) is 16.9. The maximum absolute atomic E-state index is 14.0. The van der Waals surface area contributed by atoms with E-state index in [-0.39, 0.29) is 35.1 Å². The van der Waals surface area contributed by atoms with E-state index in [0.717, 1.165) is 0 Å². The first-order chi connectivity index (χ1) is 10.2. The summed E-state index contributed by atoms with van der Waals surface area (Å²) in [4.78, 5) is 5.91. The molecule has 0 fully saturated rings. The molecular formula is C16H27F2IN4. The van der Waals surface area contributed by atoms with Crippen LogP contribution >= 0.6 is 24.0 Å². The van der Waals surface area contributed by atoms with Crippen LogP contribution in [0.3, 0.4) is 0 Å². The standard InChI is InChI=1S/C16H26F2N4.HI/c1-16(2,3)21-15(19-4)20-10-13(22(5)6)14-11(17)8-7-9-12(14)18;/h7-9,13H,10H2,1-6H3,(H2,19,20,21);1H. The van der Waals surface area contributed by atoms with E-state index in [0.29, 0.717) is 12.5 Å². The fourth-order valence-corrected chi connectivity index (χ4v) is 2.10. The molecule has 1 unspecified atom stereocenters. The lowest BCUT2D eigenvalue weighted by atomic mass is 10.0. The topological polar surface area (TPSA) is 39.7 Å². The molecule has 4 nitrogen and oxygen atoms in total. The van der Waals surface area contributed by atoms with Gasteiger partial charge in [0, 0.05) is 24.7 Å². The van der Waals surface area contributed by atoms with Gasteiger partial charge in [0.05, 0.1) is 6.04 Å². The Morgan fingerprint density at radius 2 is 1.74 bits per heavy atom. The Labute approximate surface area is 154 Å². The van der Waals surface area contributed by atoms with Crippen LogP contribution in [-0.4, -0.2) is 44.1 Å². The molecule has 0 radical (unpaired) electrons. The van der Waals surface area contributed by atoms with Crippen LogP contribution in [0.5, 0.6) is 0 Å². The predicted molar refractivity (Wildman–Crippen MR) is 102 cm³/mol. The third kappa shape index (κ3) is 6.99. The number of hydrogen-bond donors (Lipinski definition) is 2. The Morgan fingerprint density at radius 3 is 2.13 bits per heavy atom. The Balaban J connectivity index is 0.00000484. The Kier molecular flexibility index (Phi) is 8.97. The van der Waals surface area contributed by atoms with Gasteiger partial charge in [-0.2, -0.15) is 0 Å². The molecule has 0 aromatic heterocycles. The van der Waals surface area contributed by atoms with E-state index in [1.54, 1.807) is 26.0 Å². The number of likely N-dealkylation sites (N-methyl/N-ethyl adjacent to an activating group) is 1. The van der Waals surface area contributed by atoms with Crippen molar-refractivity contribution < 1.29 is 8.78 Å². The first kappa shape index (κ1) is 22.0. The number of nitrogens with zero attached hydrogens (tertiary/aromatic N) is 2. The molecule has 7 heteroatoms. The van der Waals surface area contributed by atoms with Gasteiger partial charge < -0.3 is 15.5 Å². The van der Waals surface area contributed by atoms with Crippen molar-refractivity contribution in [2.75, 3.05) is 27.7 Å². The van der Waals surface area contributed by atoms with Crippen molar-refractivity contribution in [3.63, 3.8) is 0 Å². The molecule has 1 atom stereocenters. The van der Waals surface area contributed by atoms with Crippen molar-refractivity contribution in [2.45, 2.75) is 32.4 Å². The number of nitrogens with one attached hydrogen (secondary N) is 2. The minimum absolute atomic E-state index is 0. The lowest BCUT2D eigenvalue weighted by Gasteiger charge is -2.29. The van der Waals surface area contributed by atoms with Gasteiger partial charge in [-0.25, -0.2) is 8.78 Å². The number of halogens is 3. The monoisotopic (exact) mass is 440 g/mol. The van der Waals surface area contributed by atoms with Crippen LogP contribution in [0, 0.1) is 11.6 Å². The number of guanidine groups is 1. The molecule has 0 aliphatic heterocycles. The molecule has 1 aromatic carbocycles. The number of benzene rings is 1. The normalized spacial score (nSPS) is 13.5. The highest BCUT2D eigenvalue weighted by Crippen LogP contribution is 2.23. The quantitative estimate of drug-likeness (QED) is 0.430. The van der Waals surface area contributed by atoms with Gasteiger partial charge >= 0.3 is 0 Å². The predicted octanol–water partition coefficient (Wildman–Crippen LogP) is 3.15. The number of aliphatic imine (C=N–C) groups is 1. The first-order valence-electron chi connectivity index (χ1n) is 7.25. The van der Waals surface area contributed by atoms with Gasteiger partial charge in [-0.3, -0.25) is 4.99 Å². The Bertz CT molecular complexity index is 507. The molecule has 132 valence electrons. The van der Waals surface area contributed by atoms with Crippen LogP contribution < -0.4 is 10.6 Å². The fourth-order valence-electron chi connectivity index (χ4n) is 2.10. The summed E-state index contributed by atoms with van der Waals surface area (Å²) >= 11 is 0. The molecule has 0 bridgehead atoms. The van der Waals surface area contributed by atoms with Crippen LogP contribution in [0.1, 0.15) is 32.4 Å². The van der Waals surface area contributed by atoms with Gasteiger partial charge in [-0.05, 0) is 47.0 Å². The molecule has 23 heavy (non-hydrogen) atoms. The average molecular weight is 440 g/mol. The minimum Gasteiger partial charge on any atom is -0.354 e. The van der Waals surface area contributed by atoms with Crippen molar-refractivity contribution in [1.82, 2.24) is 15.5 Å². The van der Waals surface area contributed by atoms with Crippen molar-refractivity contribution in [3.05, 3.63) is 35.4 Å². The molecule has 0 saturated carbocycles. The molecule has 0 saturated heterocycles. The first-order valence-corrected chi connectivity index (χ1v) is 7.25. The van der Waals surface area contributed by atoms with Crippen molar-refractivity contribution in [3.8, 4) is 0 Å². The molecule has 1 aromatic rings. The van der Waals surface area contributed by atoms with E-state index in [1.807, 2.05) is 20.8 Å².